The number of amides is 2. The van der Waals surface area contributed by atoms with Gasteiger partial charge in [-0.2, -0.15) is 0 Å². The Morgan fingerprint density at radius 1 is 0.846 bits per heavy atom. The number of carboxylic acids is 1. The Balaban J connectivity index is 1.25. The molecule has 292 valence electrons. The van der Waals surface area contributed by atoms with Gasteiger partial charge in [0.15, 0.2) is 5.78 Å². The summed E-state index contributed by atoms with van der Waals surface area (Å²) in [7, 11) is 0. The predicted molar refractivity (Wildman–Crippen MR) is 203 cm³/mol. The minimum Gasteiger partial charge on any atom is -0.481 e. The highest BCUT2D eigenvalue weighted by atomic mass is 16.5. The van der Waals surface area contributed by atoms with Crippen LogP contribution in [0.3, 0.4) is 0 Å². The number of Topliss-reactive ketones (excluding diaryl/α,β-unsaturated/α-hetero) is 1. The minimum absolute atomic E-state index is 0.0170. The molecule has 8 nitrogen and oxygen atoms in total. The van der Waals surface area contributed by atoms with E-state index < -0.39 is 22.9 Å². The molecule has 0 saturated heterocycles. The largest absolute Gasteiger partial charge is 0.481 e. The van der Waals surface area contributed by atoms with E-state index in [9.17, 15) is 24.3 Å². The van der Waals surface area contributed by atoms with Crippen molar-refractivity contribution in [2.24, 2.45) is 56.7 Å². The van der Waals surface area contributed by atoms with Gasteiger partial charge in [-0.25, -0.2) is 4.79 Å². The number of rotatable bonds is 8. The standard InChI is InChI=1S/C44H70N2O6/c1-26(2)35-30(47)24-44(46-38(51)45-27(3)28-14-12-11-13-15-28)23-22-42(9)29(36(35)44)16-17-32-41(8)20-19-33(52-34(48)25-39(4,5)37(49)50)40(6,7)31(41)18-21-43(32,42)10/h26-29,31-33H,11-25H2,1-10H3,(H,49,50)(H2,45,46,51)/t27-,29-,31+,32-,33+,41+,42-,43-,44-/m1/s1. The zero-order chi connectivity index (χ0) is 38.2. The van der Waals surface area contributed by atoms with Gasteiger partial charge in [0.05, 0.1) is 17.4 Å². The van der Waals surface area contributed by atoms with Crippen LogP contribution in [0.4, 0.5) is 4.79 Å². The second kappa shape index (κ2) is 13.4. The number of hydrogen-bond donors (Lipinski definition) is 3. The van der Waals surface area contributed by atoms with Gasteiger partial charge in [-0.15, -0.1) is 0 Å². The number of allylic oxidation sites excluding steroid dienone is 1. The van der Waals surface area contributed by atoms with Gasteiger partial charge < -0.3 is 20.5 Å². The average molecular weight is 723 g/mol. The van der Waals surface area contributed by atoms with Crippen molar-refractivity contribution < 1.29 is 29.0 Å². The summed E-state index contributed by atoms with van der Waals surface area (Å²) in [5, 5.41) is 16.5. The number of ether oxygens (including phenoxy) is 1. The predicted octanol–water partition coefficient (Wildman–Crippen LogP) is 9.40. The second-order valence-corrected chi connectivity index (χ2v) is 20.8. The fourth-order valence-electron chi connectivity index (χ4n) is 13.8. The molecule has 2 amide bonds. The molecule has 0 aromatic carbocycles. The van der Waals surface area contributed by atoms with E-state index in [1.807, 2.05) is 0 Å². The quantitative estimate of drug-likeness (QED) is 0.215. The van der Waals surface area contributed by atoms with Gasteiger partial charge in [-0.05, 0) is 142 Å². The molecule has 3 N–H and O–H groups in total. The zero-order valence-electron chi connectivity index (χ0n) is 34.1. The summed E-state index contributed by atoms with van der Waals surface area (Å²) in [5.41, 5.74) is 0.324. The molecule has 0 aliphatic heterocycles. The number of urea groups is 1. The first kappa shape index (κ1) is 39.3. The van der Waals surface area contributed by atoms with E-state index in [-0.39, 0.29) is 63.9 Å². The van der Waals surface area contributed by atoms with Gasteiger partial charge in [0.2, 0.25) is 0 Å². The van der Waals surface area contributed by atoms with Gasteiger partial charge in [-0.3, -0.25) is 14.4 Å². The van der Waals surface area contributed by atoms with Crippen molar-refractivity contribution >= 4 is 23.8 Å². The molecule has 6 rings (SSSR count). The summed E-state index contributed by atoms with van der Waals surface area (Å²) in [4.78, 5) is 52.7. The smallest absolute Gasteiger partial charge is 0.315 e. The molecule has 0 spiro atoms. The van der Waals surface area contributed by atoms with Crippen LogP contribution < -0.4 is 10.6 Å². The fraction of sp³-hybridized carbons (Fsp3) is 0.864. The molecule has 0 aromatic rings. The van der Waals surface area contributed by atoms with Crippen molar-refractivity contribution in [2.45, 2.75) is 183 Å². The number of carboxylic acid groups (broad SMARTS) is 1. The summed E-state index contributed by atoms with van der Waals surface area (Å²) < 4.78 is 6.17. The van der Waals surface area contributed by atoms with Crippen LogP contribution in [-0.2, 0) is 19.1 Å². The number of esters is 1. The zero-order valence-corrected chi connectivity index (χ0v) is 34.1. The molecule has 5 fully saturated rings. The van der Waals surface area contributed by atoms with Crippen LogP contribution >= 0.6 is 0 Å². The molecule has 5 saturated carbocycles. The molecule has 6 aliphatic rings. The van der Waals surface area contributed by atoms with E-state index >= 15 is 0 Å². The Kier molecular flexibility index (Phi) is 10.2. The van der Waals surface area contributed by atoms with Crippen LogP contribution in [0.5, 0.6) is 0 Å². The number of ketones is 1. The minimum atomic E-state index is -1.16. The third-order valence-corrected chi connectivity index (χ3v) is 16.9. The van der Waals surface area contributed by atoms with E-state index in [0.717, 1.165) is 56.9 Å². The van der Waals surface area contributed by atoms with E-state index in [1.165, 1.54) is 37.7 Å². The Bertz CT molecular complexity index is 1490. The topological polar surface area (TPSA) is 122 Å². The lowest BCUT2D eigenvalue weighted by Gasteiger charge is -2.72. The van der Waals surface area contributed by atoms with Crippen LogP contribution in [0.2, 0.25) is 0 Å². The molecule has 0 unspecified atom stereocenters. The van der Waals surface area contributed by atoms with Crippen LogP contribution in [0.25, 0.3) is 0 Å². The third-order valence-electron chi connectivity index (χ3n) is 16.9. The highest BCUT2D eigenvalue weighted by Crippen LogP contribution is 2.76. The lowest BCUT2D eigenvalue weighted by Crippen LogP contribution is -2.67. The Morgan fingerprint density at radius 2 is 1.52 bits per heavy atom. The molecule has 0 bridgehead atoms. The van der Waals surface area contributed by atoms with E-state index in [0.29, 0.717) is 24.2 Å². The normalized spacial score (nSPS) is 39.5. The maximum atomic E-state index is 14.0. The van der Waals surface area contributed by atoms with Crippen LogP contribution in [0, 0.1) is 56.7 Å². The van der Waals surface area contributed by atoms with E-state index in [1.54, 1.807) is 13.8 Å². The van der Waals surface area contributed by atoms with Gasteiger partial charge in [0.1, 0.15) is 6.10 Å². The van der Waals surface area contributed by atoms with Crippen molar-refractivity contribution in [1.82, 2.24) is 10.6 Å². The summed E-state index contributed by atoms with van der Waals surface area (Å²) in [6.45, 7) is 21.8. The molecular weight excluding hydrogens is 652 g/mol. The number of aliphatic carboxylic acids is 1. The second-order valence-electron chi connectivity index (χ2n) is 20.8. The highest BCUT2D eigenvalue weighted by molar-refractivity contribution is 6.02. The fourth-order valence-corrected chi connectivity index (χ4v) is 13.8. The number of hydrogen-bond acceptors (Lipinski definition) is 5. The van der Waals surface area contributed by atoms with Crippen LogP contribution in [0.1, 0.15) is 166 Å². The van der Waals surface area contributed by atoms with Gasteiger partial charge in [0.25, 0.3) is 0 Å². The molecular formula is C44H70N2O6. The molecule has 9 atom stereocenters. The van der Waals surface area contributed by atoms with Gasteiger partial charge in [-0.1, -0.05) is 67.7 Å². The molecule has 8 heteroatoms. The lowest BCUT2D eigenvalue weighted by molar-refractivity contribution is -0.232. The Morgan fingerprint density at radius 3 is 2.15 bits per heavy atom. The molecule has 0 heterocycles. The summed E-state index contributed by atoms with van der Waals surface area (Å²) in [6.07, 6.45) is 13.9. The van der Waals surface area contributed by atoms with E-state index in [2.05, 4.69) is 66.0 Å². The van der Waals surface area contributed by atoms with E-state index in [4.69, 9.17) is 4.74 Å². The maximum Gasteiger partial charge on any atom is 0.315 e. The van der Waals surface area contributed by atoms with Gasteiger partial charge >= 0.3 is 18.0 Å². The lowest BCUT2D eigenvalue weighted by atomic mass is 9.33. The first-order valence-corrected chi connectivity index (χ1v) is 20.9. The molecule has 0 radical (unpaired) electrons. The Labute approximate surface area is 313 Å². The number of carbonyl (C=O) groups is 4. The molecule has 6 aliphatic carbocycles. The summed E-state index contributed by atoms with van der Waals surface area (Å²) in [5.74, 6) is 0.538. The summed E-state index contributed by atoms with van der Waals surface area (Å²) in [6, 6.07) is 0.000464. The van der Waals surface area contributed by atoms with Crippen LogP contribution in [-0.4, -0.2) is 46.5 Å². The average Bonchev–Trinajstić information content (AvgIpc) is 3.34. The van der Waals surface area contributed by atoms with Crippen molar-refractivity contribution in [3.8, 4) is 0 Å². The highest BCUT2D eigenvalue weighted by Gasteiger charge is 2.70. The summed E-state index contributed by atoms with van der Waals surface area (Å²) >= 11 is 0. The SMILES string of the molecule is CC(C)C1=C2[C@H]3CC[C@@H]4[C@@]5(C)CC[C@H](OC(=O)CC(C)(C)C(=O)O)C(C)(C)[C@@H]5CC[C@@]4(C)[C@]3(C)CC[C@@]2(NC(=O)N[C@H](C)C2CCCCC2)CC1=O. The first-order valence-electron chi connectivity index (χ1n) is 20.9. The monoisotopic (exact) mass is 723 g/mol. The molecule has 52 heavy (non-hydrogen) atoms. The first-order chi connectivity index (χ1) is 24.1. The van der Waals surface area contributed by atoms with Crippen molar-refractivity contribution in [2.75, 3.05) is 0 Å². The number of nitrogens with one attached hydrogen (secondary N) is 2. The maximum absolute atomic E-state index is 14.0. The third kappa shape index (κ3) is 6.16. The molecule has 0 aromatic heterocycles. The Hall–Kier alpha value is -2.38. The van der Waals surface area contributed by atoms with Crippen molar-refractivity contribution in [1.29, 1.82) is 0 Å². The number of fused-ring (bicyclic) bond motifs is 7. The number of carbonyl (C=O) groups excluding carboxylic acids is 3. The van der Waals surface area contributed by atoms with Gasteiger partial charge in [0, 0.05) is 17.9 Å². The van der Waals surface area contributed by atoms with Crippen molar-refractivity contribution in [3.63, 3.8) is 0 Å². The van der Waals surface area contributed by atoms with Crippen molar-refractivity contribution in [3.05, 3.63) is 11.1 Å². The van der Waals surface area contributed by atoms with Crippen LogP contribution in [0.15, 0.2) is 11.1 Å².